The molecular formula is C14H28ClN3O3S. The zero-order valence-corrected chi connectivity index (χ0v) is 14.8. The minimum Gasteiger partial charge on any atom is -0.353 e. The second kappa shape index (κ2) is 9.05. The minimum absolute atomic E-state index is 0. The first-order valence-corrected chi connectivity index (χ1v) is 9.66. The lowest BCUT2D eigenvalue weighted by Crippen LogP contribution is -2.53. The molecule has 2 heterocycles. The lowest BCUT2D eigenvalue weighted by molar-refractivity contribution is -0.125. The van der Waals surface area contributed by atoms with Gasteiger partial charge in [0.2, 0.25) is 15.9 Å². The number of sulfonamides is 1. The number of hydrogen-bond donors (Lipinski definition) is 2. The molecule has 2 aliphatic heterocycles. The number of halogens is 1. The summed E-state index contributed by atoms with van der Waals surface area (Å²) in [6.07, 6.45) is 5.19. The molecule has 0 saturated carbocycles. The Morgan fingerprint density at radius 1 is 1.27 bits per heavy atom. The Kier molecular flexibility index (Phi) is 8.10. The van der Waals surface area contributed by atoms with E-state index >= 15 is 0 Å². The van der Waals surface area contributed by atoms with Gasteiger partial charge in [0.25, 0.3) is 0 Å². The Morgan fingerprint density at radius 3 is 2.68 bits per heavy atom. The van der Waals surface area contributed by atoms with Gasteiger partial charge in [-0.1, -0.05) is 13.3 Å². The van der Waals surface area contributed by atoms with Crippen molar-refractivity contribution in [3.05, 3.63) is 0 Å². The van der Waals surface area contributed by atoms with Crippen LogP contribution in [0.5, 0.6) is 0 Å². The van der Waals surface area contributed by atoms with E-state index in [2.05, 4.69) is 10.6 Å². The predicted molar refractivity (Wildman–Crippen MR) is 89.7 cm³/mol. The predicted octanol–water partition coefficient (Wildman–Crippen LogP) is 0.871. The average molecular weight is 354 g/mol. The number of nitrogens with one attached hydrogen (secondary N) is 2. The van der Waals surface area contributed by atoms with E-state index in [0.29, 0.717) is 32.0 Å². The third kappa shape index (κ3) is 5.08. The number of carbonyl (C=O) groups excluding carboxylic acids is 1. The Morgan fingerprint density at radius 2 is 2.05 bits per heavy atom. The Labute approximate surface area is 139 Å². The number of nitrogens with zero attached hydrogens (tertiary/aromatic N) is 1. The lowest BCUT2D eigenvalue weighted by atomic mass is 10.0. The third-order valence-corrected chi connectivity index (χ3v) is 6.34. The summed E-state index contributed by atoms with van der Waals surface area (Å²) in [6, 6.07) is -0.185. The average Bonchev–Trinajstić information content (AvgIpc) is 2.98. The molecule has 2 aliphatic rings. The molecule has 2 atom stereocenters. The first-order chi connectivity index (χ1) is 10.0. The molecule has 0 aromatic heterocycles. The van der Waals surface area contributed by atoms with Crippen LogP contribution in [0.2, 0.25) is 0 Å². The fraction of sp³-hybridized carbons (Fsp3) is 0.929. The standard InChI is InChI=1S/C14H27N3O3S.ClH/c1-2-10-21(19,20)17-9-4-3-7-13(17)14(18)16-11-12-6-5-8-15-12;/h12-13,15H,2-11H2,1H3,(H,16,18);1H. The molecule has 8 heteroatoms. The van der Waals surface area contributed by atoms with Gasteiger partial charge in [-0.25, -0.2) is 8.42 Å². The highest BCUT2D eigenvalue weighted by Crippen LogP contribution is 2.21. The molecule has 2 rings (SSSR count). The Bertz CT molecular complexity index is 452. The van der Waals surface area contributed by atoms with Crippen molar-refractivity contribution in [3.63, 3.8) is 0 Å². The van der Waals surface area contributed by atoms with Crippen LogP contribution in [-0.2, 0) is 14.8 Å². The highest BCUT2D eigenvalue weighted by Gasteiger charge is 2.36. The maximum Gasteiger partial charge on any atom is 0.238 e. The van der Waals surface area contributed by atoms with Crippen LogP contribution >= 0.6 is 12.4 Å². The van der Waals surface area contributed by atoms with E-state index in [1.165, 1.54) is 4.31 Å². The van der Waals surface area contributed by atoms with Crippen LogP contribution in [0.3, 0.4) is 0 Å². The number of amides is 1. The lowest BCUT2D eigenvalue weighted by Gasteiger charge is -2.33. The van der Waals surface area contributed by atoms with Gasteiger partial charge in [-0.05, 0) is 38.6 Å². The fourth-order valence-corrected chi connectivity index (χ4v) is 4.89. The summed E-state index contributed by atoms with van der Waals surface area (Å²) in [7, 11) is -3.31. The Balaban J connectivity index is 0.00000242. The number of piperidine rings is 1. The Hall–Kier alpha value is -0.370. The van der Waals surface area contributed by atoms with Crippen molar-refractivity contribution in [2.24, 2.45) is 0 Å². The maximum absolute atomic E-state index is 12.4. The molecule has 2 saturated heterocycles. The van der Waals surface area contributed by atoms with Gasteiger partial charge in [0, 0.05) is 19.1 Å². The molecule has 0 bridgehead atoms. The van der Waals surface area contributed by atoms with Gasteiger partial charge in [-0.2, -0.15) is 4.31 Å². The molecule has 0 aliphatic carbocycles. The van der Waals surface area contributed by atoms with E-state index in [1.54, 1.807) is 0 Å². The van der Waals surface area contributed by atoms with Crippen molar-refractivity contribution in [3.8, 4) is 0 Å². The summed E-state index contributed by atoms with van der Waals surface area (Å²) in [5.74, 6) is -0.0101. The van der Waals surface area contributed by atoms with Gasteiger partial charge >= 0.3 is 0 Å². The van der Waals surface area contributed by atoms with E-state index < -0.39 is 16.1 Å². The number of carbonyl (C=O) groups is 1. The smallest absolute Gasteiger partial charge is 0.238 e. The molecule has 0 radical (unpaired) electrons. The van der Waals surface area contributed by atoms with Gasteiger partial charge in [0.15, 0.2) is 0 Å². The number of hydrogen-bond acceptors (Lipinski definition) is 4. The zero-order valence-electron chi connectivity index (χ0n) is 13.2. The minimum atomic E-state index is -3.31. The quantitative estimate of drug-likeness (QED) is 0.742. The van der Waals surface area contributed by atoms with Crippen LogP contribution in [0.25, 0.3) is 0 Å². The van der Waals surface area contributed by atoms with Gasteiger partial charge in [0.1, 0.15) is 6.04 Å². The molecule has 2 N–H and O–H groups in total. The molecule has 6 nitrogen and oxygen atoms in total. The van der Waals surface area contributed by atoms with Gasteiger partial charge in [-0.3, -0.25) is 4.79 Å². The van der Waals surface area contributed by atoms with Crippen molar-refractivity contribution in [2.75, 3.05) is 25.4 Å². The van der Waals surface area contributed by atoms with Crippen LogP contribution in [0.15, 0.2) is 0 Å². The van der Waals surface area contributed by atoms with Crippen LogP contribution < -0.4 is 10.6 Å². The second-order valence-electron chi connectivity index (χ2n) is 5.98. The highest BCUT2D eigenvalue weighted by atomic mass is 35.5. The summed E-state index contributed by atoms with van der Waals surface area (Å²) in [6.45, 7) is 3.92. The van der Waals surface area contributed by atoms with Crippen molar-refractivity contribution < 1.29 is 13.2 Å². The summed E-state index contributed by atoms with van der Waals surface area (Å²) in [5.41, 5.74) is 0. The fourth-order valence-electron chi connectivity index (χ4n) is 3.15. The molecule has 2 unspecified atom stereocenters. The number of rotatable bonds is 6. The van der Waals surface area contributed by atoms with Crippen LogP contribution in [-0.4, -0.2) is 56.1 Å². The van der Waals surface area contributed by atoms with Gasteiger partial charge < -0.3 is 10.6 Å². The van der Waals surface area contributed by atoms with Crippen LogP contribution in [0.4, 0.5) is 0 Å². The highest BCUT2D eigenvalue weighted by molar-refractivity contribution is 7.89. The molecule has 130 valence electrons. The van der Waals surface area contributed by atoms with Gasteiger partial charge in [-0.15, -0.1) is 12.4 Å². The molecule has 22 heavy (non-hydrogen) atoms. The molecular weight excluding hydrogens is 326 g/mol. The molecule has 0 spiro atoms. The summed E-state index contributed by atoms with van der Waals surface area (Å²) in [4.78, 5) is 12.4. The van der Waals surface area contributed by atoms with E-state index in [-0.39, 0.29) is 24.1 Å². The first-order valence-electron chi connectivity index (χ1n) is 8.05. The van der Waals surface area contributed by atoms with Crippen molar-refractivity contribution >= 4 is 28.3 Å². The monoisotopic (exact) mass is 353 g/mol. The molecule has 1 amide bonds. The summed E-state index contributed by atoms with van der Waals surface area (Å²) < 4.78 is 26.0. The summed E-state index contributed by atoms with van der Waals surface area (Å²) in [5, 5.41) is 6.26. The van der Waals surface area contributed by atoms with Crippen LogP contribution in [0, 0.1) is 0 Å². The molecule has 0 aromatic carbocycles. The zero-order chi connectivity index (χ0) is 15.3. The molecule has 0 aromatic rings. The van der Waals surface area contributed by atoms with Crippen molar-refractivity contribution in [1.29, 1.82) is 0 Å². The maximum atomic E-state index is 12.4. The van der Waals surface area contributed by atoms with E-state index in [9.17, 15) is 13.2 Å². The molecule has 2 fully saturated rings. The largest absolute Gasteiger partial charge is 0.353 e. The van der Waals surface area contributed by atoms with E-state index in [0.717, 1.165) is 32.2 Å². The van der Waals surface area contributed by atoms with E-state index in [4.69, 9.17) is 0 Å². The first kappa shape index (κ1) is 19.7. The topological polar surface area (TPSA) is 78.5 Å². The van der Waals surface area contributed by atoms with Crippen LogP contribution in [0.1, 0.15) is 45.4 Å². The van der Waals surface area contributed by atoms with Crippen molar-refractivity contribution in [2.45, 2.75) is 57.5 Å². The third-order valence-electron chi connectivity index (χ3n) is 4.26. The van der Waals surface area contributed by atoms with E-state index in [1.807, 2.05) is 6.92 Å². The SMILES string of the molecule is CCCS(=O)(=O)N1CCCCC1C(=O)NCC1CCCN1.Cl. The van der Waals surface area contributed by atoms with Crippen molar-refractivity contribution in [1.82, 2.24) is 14.9 Å². The normalized spacial score (nSPS) is 26.4. The summed E-state index contributed by atoms with van der Waals surface area (Å²) >= 11 is 0. The van der Waals surface area contributed by atoms with Gasteiger partial charge in [0.05, 0.1) is 5.75 Å². The second-order valence-corrected chi connectivity index (χ2v) is 8.02.